The fourth-order valence-corrected chi connectivity index (χ4v) is 10.6. The quantitative estimate of drug-likeness (QED) is 0.192. The molecule has 0 saturated carbocycles. The van der Waals surface area contributed by atoms with Crippen molar-refractivity contribution in [1.29, 1.82) is 0 Å². The highest BCUT2D eigenvalue weighted by molar-refractivity contribution is 8.14. The topological polar surface area (TPSA) is 0 Å². The van der Waals surface area contributed by atoms with Crippen LogP contribution in [0.3, 0.4) is 0 Å². The summed E-state index contributed by atoms with van der Waals surface area (Å²) in [7, 11) is 51.0. The second kappa shape index (κ2) is 18.3. The zero-order valence-electron chi connectivity index (χ0n) is 30.4. The molecule has 0 spiro atoms. The first-order chi connectivity index (χ1) is 17.2. The van der Waals surface area contributed by atoms with E-state index in [1.54, 1.807) is 0 Å². The summed E-state index contributed by atoms with van der Waals surface area (Å²) in [4.78, 5) is 0. The maximum absolute atomic E-state index is 2.56. The van der Waals surface area contributed by atoms with Crippen LogP contribution in [0.4, 0.5) is 0 Å². The van der Waals surface area contributed by atoms with Crippen molar-refractivity contribution in [2.45, 2.75) is 5.62 Å². The molecule has 0 bridgehead atoms. The lowest BCUT2D eigenvalue weighted by atomic mass is 8.39. The van der Waals surface area contributed by atoms with Crippen LogP contribution in [0.2, 0.25) is 5.62 Å². The first kappa shape index (κ1) is 40.4. The fourth-order valence-electron chi connectivity index (χ4n) is 10.6. The Bertz CT molecular complexity index is 484. The molecule has 0 aliphatic rings. The minimum absolute atomic E-state index is 0.699. The Hall–Kier alpha value is 2.40. The summed E-state index contributed by atoms with van der Waals surface area (Å²) in [6.45, 7) is 2.23. The molecule has 0 nitrogen and oxygen atoms in total. The van der Waals surface area contributed by atoms with Gasteiger partial charge in [-0.1, -0.05) is 0 Å². The van der Waals surface area contributed by atoms with Gasteiger partial charge in [0.2, 0.25) is 0 Å². The second-order valence-electron chi connectivity index (χ2n) is 17.1. The Kier molecular flexibility index (Phi) is 19.4. The summed E-state index contributed by atoms with van der Waals surface area (Å²) < 4.78 is 0. The van der Waals surface area contributed by atoms with Crippen LogP contribution in [0, 0.1) is 0 Å². The SMILES string of the molecule is BB(B)B(B(B)B)B(B(B(B)B)B(B)B)C(B(B(B)B)B(B)B)B(B(B(B)B)B(B)B)B(B(B)B)B(B)B. The van der Waals surface area contributed by atoms with Gasteiger partial charge < -0.3 is 0 Å². The van der Waals surface area contributed by atoms with E-state index in [-0.39, 0.29) is 0 Å². The van der Waals surface area contributed by atoms with Crippen LogP contribution < -0.4 is 0 Å². The van der Waals surface area contributed by atoms with E-state index in [1.807, 2.05) is 0 Å². The van der Waals surface area contributed by atoms with E-state index in [0.717, 1.165) is 50.6 Å². The number of hydrogen-bond donors (Lipinski definition) is 0. The molecule has 0 radical (unpaired) electrons. The zero-order valence-corrected chi connectivity index (χ0v) is 30.4. The van der Waals surface area contributed by atoms with Crippen LogP contribution in [0.1, 0.15) is 0 Å². The molecule has 37 heteroatoms. The van der Waals surface area contributed by atoms with Gasteiger partial charge in [0.15, 0.2) is 0 Å². The highest BCUT2D eigenvalue weighted by atomic mass is 13.7. The zero-order chi connectivity index (χ0) is 30.4. The lowest BCUT2D eigenvalue weighted by Gasteiger charge is -2.54. The molecule has 0 unspecified atom stereocenters. The van der Waals surface area contributed by atoms with E-state index in [9.17, 15) is 0 Å². The number of rotatable bonds is 17. The molecule has 0 N–H and O–H groups in total. The lowest BCUT2D eigenvalue weighted by Crippen LogP contribution is -2.85. The third kappa shape index (κ3) is 10.8. The lowest BCUT2D eigenvalue weighted by molar-refractivity contribution is 1.80. The minimum Gasteiger partial charge on any atom is -0.146 e. The molecule has 0 rings (SSSR count). The van der Waals surface area contributed by atoms with E-state index >= 15 is 0 Å². The summed E-state index contributed by atoms with van der Waals surface area (Å²) in [5.41, 5.74) is 0.740. The maximum Gasteiger partial charge on any atom is 0.0559 e. The van der Waals surface area contributed by atoms with Crippen molar-refractivity contribution < 1.29 is 0 Å². The van der Waals surface area contributed by atoms with E-state index in [4.69, 9.17) is 0 Å². The molecular weight excluding hydrogens is 412 g/mol. The van der Waals surface area contributed by atoms with Gasteiger partial charge in [-0.3, -0.25) is 0 Å². The Labute approximate surface area is 267 Å². The monoisotopic (exact) mass is 461 g/mol. The molecule has 0 saturated heterocycles. The smallest absolute Gasteiger partial charge is 0.0559 e. The summed E-state index contributed by atoms with van der Waals surface area (Å²) in [6.07, 6.45) is 10.0. The predicted octanol–water partition coefficient (Wildman–Crippen LogP) is -24.5. The molecule has 0 aromatic rings. The van der Waals surface area contributed by atoms with Gasteiger partial charge in [0.05, 0.1) is 155 Å². The van der Waals surface area contributed by atoms with Gasteiger partial charge in [0.1, 0.15) is 0 Å². The van der Waals surface area contributed by atoms with Crippen molar-refractivity contribution >= 4 is 264 Å². The highest BCUT2D eigenvalue weighted by Gasteiger charge is 2.56. The van der Waals surface area contributed by atoms with Crippen LogP contribution in [0.25, 0.3) is 0 Å². The van der Waals surface area contributed by atoms with Crippen molar-refractivity contribution in [2.75, 3.05) is 0 Å². The molecule has 0 amide bonds. The number of hydrogen-bond acceptors (Lipinski definition) is 0. The van der Waals surface area contributed by atoms with Crippen molar-refractivity contribution in [3.8, 4) is 0 Å². The molecule has 0 atom stereocenters. The fraction of sp³-hybridized carbons (Fsp3) is 1.00. The second-order valence-corrected chi connectivity index (χ2v) is 17.1. The molecular formula is CH41B37. The maximum atomic E-state index is 2.56. The molecule has 156 valence electrons. The molecule has 0 aromatic carbocycles. The summed E-state index contributed by atoms with van der Waals surface area (Å²) >= 11 is 0. The van der Waals surface area contributed by atoms with Crippen molar-refractivity contribution in [3.05, 3.63) is 0 Å². The summed E-state index contributed by atoms with van der Waals surface area (Å²) in [5, 5.41) is 0. The van der Waals surface area contributed by atoms with Crippen LogP contribution in [0.15, 0.2) is 0 Å². The molecule has 0 heterocycles. The minimum atomic E-state index is 0.699. The van der Waals surface area contributed by atoms with Gasteiger partial charge in [0, 0.05) is 109 Å². The van der Waals surface area contributed by atoms with Gasteiger partial charge in [-0.25, -0.2) is 0 Å². The van der Waals surface area contributed by atoms with Crippen molar-refractivity contribution in [1.82, 2.24) is 0 Å². The van der Waals surface area contributed by atoms with Gasteiger partial charge in [-0.05, 0) is 0 Å². The summed E-state index contributed by atoms with van der Waals surface area (Å²) in [6, 6.07) is 0. The first-order valence-corrected chi connectivity index (χ1v) is 17.2. The van der Waals surface area contributed by atoms with Gasteiger partial charge in [0.25, 0.3) is 0 Å². The normalized spacial score (nSPS) is 9.82. The highest BCUT2D eigenvalue weighted by Crippen LogP contribution is 2.29. The molecule has 0 aliphatic heterocycles. The van der Waals surface area contributed by atoms with Gasteiger partial charge >= 0.3 is 0 Å². The third-order valence-electron chi connectivity index (χ3n) is 10.8. The Morgan fingerprint density at radius 2 is 0.368 bits per heavy atom. The van der Waals surface area contributed by atoms with Crippen molar-refractivity contribution in [2.24, 2.45) is 0 Å². The summed E-state index contributed by atoms with van der Waals surface area (Å²) in [5.74, 6) is 0. The largest absolute Gasteiger partial charge is 0.146 e. The van der Waals surface area contributed by atoms with Crippen LogP contribution >= 0.6 is 0 Å². The molecule has 0 fully saturated rings. The Morgan fingerprint density at radius 3 is 0.474 bits per heavy atom. The van der Waals surface area contributed by atoms with Gasteiger partial charge in [-0.2, -0.15) is 0 Å². The average Bonchev–Trinajstić information content (AvgIpc) is 2.67. The Morgan fingerprint density at radius 1 is 0.211 bits per heavy atom. The molecule has 0 aromatic heterocycles. The van der Waals surface area contributed by atoms with E-state index < -0.39 is 0 Å². The predicted molar refractivity (Wildman–Crippen MR) is 272 cm³/mol. The van der Waals surface area contributed by atoms with Crippen LogP contribution in [-0.4, -0.2) is 264 Å². The molecule has 38 heavy (non-hydrogen) atoms. The van der Waals surface area contributed by atoms with E-state index in [1.165, 1.54) is 0 Å². The van der Waals surface area contributed by atoms with Crippen LogP contribution in [-0.2, 0) is 0 Å². The van der Waals surface area contributed by atoms with E-state index in [0.29, 0.717) is 63.9 Å². The average molecular weight is 453 g/mol. The molecule has 0 aliphatic carbocycles. The van der Waals surface area contributed by atoms with Gasteiger partial charge in [-0.15, -0.1) is 5.62 Å². The van der Waals surface area contributed by atoms with Crippen molar-refractivity contribution in [3.63, 3.8) is 0 Å². The first-order valence-electron chi connectivity index (χ1n) is 17.2. The standard InChI is InChI=1S/CH41B37/c2-25(3)22(26(4)5)1(23(35(27(6)7)28(8)9)36(29(10)11)30(12)13)24(37(31(14)15)32(16)17)38(33(18)19)34(20)21/h1H,2-21H2. The van der Waals surface area contributed by atoms with E-state index in [2.05, 4.69) is 155 Å². The Balaban J connectivity index is 8.12. The third-order valence-corrected chi connectivity index (χ3v) is 10.8. The van der Waals surface area contributed by atoms with Crippen LogP contribution in [0.5, 0.6) is 0 Å².